The molecule has 4 bridgehead atoms. The zero-order valence-electron chi connectivity index (χ0n) is 24.7. The van der Waals surface area contributed by atoms with Gasteiger partial charge in [-0.15, -0.1) is 5.10 Å². The number of benzene rings is 2. The van der Waals surface area contributed by atoms with E-state index in [4.69, 9.17) is 11.6 Å². The van der Waals surface area contributed by atoms with Crippen LogP contribution in [0, 0.1) is 5.82 Å². The van der Waals surface area contributed by atoms with Crippen molar-refractivity contribution in [2.75, 3.05) is 17.7 Å². The molecule has 47 heavy (non-hydrogen) atoms. The SMILES string of the molecule is COC(=O)Nc1ccc2c(c1)NC(=O)CCc1nc(ccc1F)CC(NC(=O)/C=C/c1cc(Cl)ccc1-n1cnnn1)c1ncc-2[nH]1. The number of anilines is 2. The third kappa shape index (κ3) is 7.31. The number of carbonyl (C=O) groups excluding carboxylic acids is 3. The Bertz CT molecular complexity index is 2000. The van der Waals surface area contributed by atoms with E-state index < -0.39 is 23.9 Å². The van der Waals surface area contributed by atoms with Crippen LogP contribution < -0.4 is 16.0 Å². The molecule has 3 amide bonds. The first-order chi connectivity index (χ1) is 22.7. The molecule has 2 aromatic carbocycles. The van der Waals surface area contributed by atoms with Crippen molar-refractivity contribution < 1.29 is 23.5 Å². The molecule has 4 heterocycles. The first-order valence-electron chi connectivity index (χ1n) is 14.3. The molecule has 1 unspecified atom stereocenters. The van der Waals surface area contributed by atoms with Crippen LogP contribution in [-0.2, 0) is 27.2 Å². The van der Waals surface area contributed by atoms with E-state index in [2.05, 4.69) is 51.2 Å². The summed E-state index contributed by atoms with van der Waals surface area (Å²) >= 11 is 6.22. The number of amides is 3. The van der Waals surface area contributed by atoms with Gasteiger partial charge in [-0.2, -0.15) is 4.68 Å². The highest BCUT2D eigenvalue weighted by Gasteiger charge is 2.22. The maximum absolute atomic E-state index is 14.7. The number of methoxy groups -OCH3 is 1. The lowest BCUT2D eigenvalue weighted by Gasteiger charge is -2.17. The van der Waals surface area contributed by atoms with Crippen molar-refractivity contribution in [1.29, 1.82) is 0 Å². The van der Waals surface area contributed by atoms with Gasteiger partial charge in [-0.3, -0.25) is 19.9 Å². The van der Waals surface area contributed by atoms with Gasteiger partial charge < -0.3 is 20.4 Å². The van der Waals surface area contributed by atoms with Gasteiger partial charge in [-0.05, 0) is 65.0 Å². The van der Waals surface area contributed by atoms with E-state index >= 15 is 0 Å². The lowest BCUT2D eigenvalue weighted by Crippen LogP contribution is -2.29. The van der Waals surface area contributed by atoms with Crippen LogP contribution in [0.25, 0.3) is 23.0 Å². The van der Waals surface area contributed by atoms with E-state index in [0.29, 0.717) is 50.4 Å². The van der Waals surface area contributed by atoms with Crippen molar-refractivity contribution in [3.05, 3.63) is 101 Å². The highest BCUT2D eigenvalue weighted by atomic mass is 35.5. The molecule has 14 nitrogen and oxygen atoms in total. The van der Waals surface area contributed by atoms with E-state index in [1.165, 1.54) is 36.3 Å². The predicted molar refractivity (Wildman–Crippen MR) is 169 cm³/mol. The van der Waals surface area contributed by atoms with E-state index in [1.807, 2.05) is 0 Å². The largest absolute Gasteiger partial charge is 0.453 e. The number of halogens is 2. The fourth-order valence-electron chi connectivity index (χ4n) is 4.99. The second-order valence-electron chi connectivity index (χ2n) is 10.4. The number of nitrogens with one attached hydrogen (secondary N) is 4. The fourth-order valence-corrected chi connectivity index (χ4v) is 5.17. The molecule has 0 aliphatic carbocycles. The Balaban J connectivity index is 1.34. The van der Waals surface area contributed by atoms with Crippen LogP contribution in [0.1, 0.15) is 35.2 Å². The number of carbonyl (C=O) groups is 3. The van der Waals surface area contributed by atoms with Gasteiger partial charge in [0.15, 0.2) is 0 Å². The standard InChI is InChI=1S/C31H26ClFN10O4/c1-47-31(46)37-20-4-6-21-24(13-20)38-29(45)11-8-23-22(33)7-5-19(36-23)14-25(30-34-15-26(21)40-30)39-28(44)10-2-17-12-18(32)3-9-27(17)43-16-35-41-42-43/h2-7,9-10,12-13,15-16,25H,8,11,14H2,1H3,(H,34,40)(H,37,46)(H,38,45)(H,39,44)/b10-2+. The van der Waals surface area contributed by atoms with Gasteiger partial charge in [0.25, 0.3) is 0 Å². The lowest BCUT2D eigenvalue weighted by atomic mass is 10.1. The van der Waals surface area contributed by atoms with Crippen molar-refractivity contribution in [2.24, 2.45) is 0 Å². The minimum absolute atomic E-state index is 0.0336. The maximum atomic E-state index is 14.7. The molecule has 0 saturated carbocycles. The molecule has 0 saturated heterocycles. The number of aromatic nitrogens is 7. The molecule has 3 aromatic heterocycles. The summed E-state index contributed by atoms with van der Waals surface area (Å²) in [6, 6.07) is 12.1. The van der Waals surface area contributed by atoms with Crippen LogP contribution in [0.4, 0.5) is 20.6 Å². The third-order valence-corrected chi connectivity index (χ3v) is 7.47. The highest BCUT2D eigenvalue weighted by molar-refractivity contribution is 6.30. The number of tetrazole rings is 1. The van der Waals surface area contributed by atoms with Crippen molar-refractivity contribution in [1.82, 2.24) is 40.5 Å². The second kappa shape index (κ2) is 13.6. The van der Waals surface area contributed by atoms with Gasteiger partial charge >= 0.3 is 6.09 Å². The second-order valence-corrected chi connectivity index (χ2v) is 10.8. The molecule has 6 rings (SSSR count). The number of hydrogen-bond acceptors (Lipinski definition) is 9. The van der Waals surface area contributed by atoms with Crippen molar-refractivity contribution >= 4 is 47.0 Å². The molecule has 1 aliphatic heterocycles. The summed E-state index contributed by atoms with van der Waals surface area (Å²) in [5.41, 5.74) is 3.63. The average Bonchev–Trinajstić information content (AvgIpc) is 3.77. The Morgan fingerprint density at radius 1 is 1.15 bits per heavy atom. The van der Waals surface area contributed by atoms with Crippen molar-refractivity contribution in [3.63, 3.8) is 0 Å². The van der Waals surface area contributed by atoms with Crippen LogP contribution in [0.5, 0.6) is 0 Å². The molecule has 0 radical (unpaired) electrons. The Morgan fingerprint density at radius 3 is 2.83 bits per heavy atom. The Hall–Kier alpha value is -5.96. The van der Waals surface area contributed by atoms with Gasteiger partial charge in [-0.25, -0.2) is 14.2 Å². The predicted octanol–water partition coefficient (Wildman–Crippen LogP) is 4.42. The van der Waals surface area contributed by atoms with Gasteiger partial charge in [-0.1, -0.05) is 11.6 Å². The maximum Gasteiger partial charge on any atom is 0.411 e. The summed E-state index contributed by atoms with van der Waals surface area (Å²) in [4.78, 5) is 50.3. The fraction of sp³-hybridized carbons (Fsp3) is 0.161. The Labute approximate surface area is 271 Å². The highest BCUT2D eigenvalue weighted by Crippen LogP contribution is 2.32. The van der Waals surface area contributed by atoms with E-state index in [1.54, 1.807) is 48.7 Å². The number of rotatable bonds is 5. The lowest BCUT2D eigenvalue weighted by molar-refractivity contribution is -0.117. The zero-order valence-corrected chi connectivity index (χ0v) is 25.5. The molecule has 238 valence electrons. The van der Waals surface area contributed by atoms with Gasteiger partial charge in [0.2, 0.25) is 11.8 Å². The summed E-state index contributed by atoms with van der Waals surface area (Å²) in [6.45, 7) is 0. The van der Waals surface area contributed by atoms with Crippen LogP contribution >= 0.6 is 11.6 Å². The summed E-state index contributed by atoms with van der Waals surface area (Å²) in [5.74, 6) is -1.00. The van der Waals surface area contributed by atoms with Crippen molar-refractivity contribution in [3.8, 4) is 16.9 Å². The number of H-pyrrole nitrogens is 1. The minimum atomic E-state index is -0.716. The van der Waals surface area contributed by atoms with E-state index in [0.717, 1.165) is 0 Å². The minimum Gasteiger partial charge on any atom is -0.453 e. The number of pyridine rings is 1. The average molecular weight is 657 g/mol. The normalized spacial score (nSPS) is 14.5. The molecular formula is C31H26ClFN10O4. The number of aromatic amines is 1. The van der Waals surface area contributed by atoms with Crippen LogP contribution in [0.3, 0.4) is 0 Å². The van der Waals surface area contributed by atoms with Gasteiger partial charge in [0.1, 0.15) is 18.0 Å². The monoisotopic (exact) mass is 656 g/mol. The number of imidazole rings is 1. The summed E-state index contributed by atoms with van der Waals surface area (Å²) < 4.78 is 20.9. The van der Waals surface area contributed by atoms with Crippen LogP contribution in [0.2, 0.25) is 5.02 Å². The smallest absolute Gasteiger partial charge is 0.411 e. The van der Waals surface area contributed by atoms with Gasteiger partial charge in [0.05, 0.1) is 42.1 Å². The summed E-state index contributed by atoms with van der Waals surface area (Å²) in [5, 5.41) is 20.1. The molecule has 0 fully saturated rings. The molecule has 1 atom stereocenters. The van der Waals surface area contributed by atoms with Gasteiger partial charge in [0, 0.05) is 52.9 Å². The number of fused-ring (bicyclic) bond motifs is 6. The number of aryl methyl sites for hydroxylation is 1. The first kappa shape index (κ1) is 31.0. The Kier molecular flexibility index (Phi) is 8.97. The molecule has 4 N–H and O–H groups in total. The summed E-state index contributed by atoms with van der Waals surface area (Å²) in [6.07, 6.45) is 5.37. The molecular weight excluding hydrogens is 631 g/mol. The molecule has 1 aliphatic rings. The van der Waals surface area contributed by atoms with E-state index in [9.17, 15) is 18.8 Å². The quantitative estimate of drug-likeness (QED) is 0.199. The van der Waals surface area contributed by atoms with E-state index in [-0.39, 0.29) is 30.9 Å². The number of ether oxygens (including phenoxy) is 1. The molecule has 5 aromatic rings. The van der Waals surface area contributed by atoms with Crippen LogP contribution in [-0.4, -0.2) is 60.2 Å². The molecule has 16 heteroatoms. The number of nitrogens with zero attached hydrogens (tertiary/aromatic N) is 6. The summed E-state index contributed by atoms with van der Waals surface area (Å²) in [7, 11) is 1.24. The zero-order chi connectivity index (χ0) is 32.9. The topological polar surface area (TPSA) is 182 Å². The number of hydrogen-bond donors (Lipinski definition) is 4. The Morgan fingerprint density at radius 2 is 2.02 bits per heavy atom. The van der Waals surface area contributed by atoms with Crippen molar-refractivity contribution in [2.45, 2.75) is 25.3 Å². The molecule has 0 spiro atoms. The van der Waals surface area contributed by atoms with Crippen LogP contribution in [0.15, 0.2) is 67.1 Å². The third-order valence-electron chi connectivity index (χ3n) is 7.24. The first-order valence-corrected chi connectivity index (χ1v) is 14.6.